The van der Waals surface area contributed by atoms with Gasteiger partial charge in [0, 0.05) is 6.07 Å². The summed E-state index contributed by atoms with van der Waals surface area (Å²) in [6.45, 7) is 6.77. The number of nitrogens with zero attached hydrogens (tertiary/aromatic N) is 3. The summed E-state index contributed by atoms with van der Waals surface area (Å²) >= 11 is 0. The minimum Gasteiger partial charge on any atom is -0.394 e. The summed E-state index contributed by atoms with van der Waals surface area (Å²) in [5, 5.41) is 39.5. The fourth-order valence-corrected chi connectivity index (χ4v) is 3.34. The number of hydrogen-bond donors (Lipinski definition) is 5. The number of aryl methyl sites for hydroxylation is 2. The molecule has 3 rings (SSSR count). The van der Waals surface area contributed by atoms with Crippen LogP contribution in [0.2, 0.25) is 0 Å². The SMILES string of the molecule is C=c1nc2c(c(=O)[nH]1)=[N+](C)c1cc(C)c(C)cc1N2CC(O)C(O)C(O)CO. The number of hydrogen-bond acceptors (Lipinski definition) is 7. The lowest BCUT2D eigenvalue weighted by Crippen LogP contribution is -2.52. The van der Waals surface area contributed by atoms with E-state index in [9.17, 15) is 20.1 Å². The van der Waals surface area contributed by atoms with Crippen LogP contribution in [0.4, 0.5) is 17.2 Å². The molecule has 0 bridgehead atoms. The smallest absolute Gasteiger partial charge is 0.325 e. The summed E-state index contributed by atoms with van der Waals surface area (Å²) in [6.07, 6.45) is -4.46. The molecule has 0 aliphatic carbocycles. The molecule has 0 radical (unpaired) electrons. The molecule has 1 aliphatic heterocycles. The van der Waals surface area contributed by atoms with Crippen molar-refractivity contribution in [3.8, 4) is 0 Å². The Balaban J connectivity index is 2.23. The molecule has 1 aliphatic rings. The highest BCUT2D eigenvalue weighted by Crippen LogP contribution is 2.35. The summed E-state index contributed by atoms with van der Waals surface area (Å²) < 4.78 is 1.73. The van der Waals surface area contributed by atoms with Gasteiger partial charge in [-0.2, -0.15) is 4.58 Å². The lowest BCUT2D eigenvalue weighted by atomic mass is 10.0. The van der Waals surface area contributed by atoms with E-state index >= 15 is 0 Å². The van der Waals surface area contributed by atoms with Crippen LogP contribution in [0.5, 0.6) is 0 Å². The van der Waals surface area contributed by atoms with Gasteiger partial charge < -0.3 is 30.3 Å². The van der Waals surface area contributed by atoms with Gasteiger partial charge in [0.15, 0.2) is 0 Å². The number of aromatic nitrogens is 2. The average Bonchev–Trinajstić information content (AvgIpc) is 2.64. The van der Waals surface area contributed by atoms with Gasteiger partial charge in [0.25, 0.3) is 0 Å². The van der Waals surface area contributed by atoms with Crippen LogP contribution in [0.15, 0.2) is 16.9 Å². The zero-order chi connectivity index (χ0) is 20.7. The summed E-state index contributed by atoms with van der Waals surface area (Å²) in [4.78, 5) is 21.1. The van der Waals surface area contributed by atoms with Crippen LogP contribution < -0.4 is 25.9 Å². The van der Waals surface area contributed by atoms with Gasteiger partial charge in [-0.25, -0.2) is 4.98 Å². The highest BCUT2D eigenvalue weighted by molar-refractivity contribution is 5.77. The third-order valence-corrected chi connectivity index (χ3v) is 5.10. The van der Waals surface area contributed by atoms with Gasteiger partial charge in [0.05, 0.1) is 13.2 Å². The zero-order valence-electron chi connectivity index (χ0n) is 16.0. The number of anilines is 2. The van der Waals surface area contributed by atoms with Crippen LogP contribution in [-0.4, -0.2) is 68.9 Å². The van der Waals surface area contributed by atoms with Gasteiger partial charge in [0.2, 0.25) is 11.5 Å². The van der Waals surface area contributed by atoms with Gasteiger partial charge in [-0.1, -0.05) is 6.58 Å². The highest BCUT2D eigenvalue weighted by Gasteiger charge is 2.35. The topological polar surface area (TPSA) is 133 Å². The predicted octanol–water partition coefficient (Wildman–Crippen LogP) is -2.22. The normalized spacial score (nSPS) is 16.4. The maximum Gasteiger partial charge on any atom is 0.325 e. The molecule has 0 amide bonds. The lowest BCUT2D eigenvalue weighted by Gasteiger charge is -2.31. The van der Waals surface area contributed by atoms with Crippen molar-refractivity contribution in [2.45, 2.75) is 32.2 Å². The van der Waals surface area contributed by atoms with Gasteiger partial charge in [-0.3, -0.25) is 4.79 Å². The first-order valence-corrected chi connectivity index (χ1v) is 8.89. The van der Waals surface area contributed by atoms with E-state index in [-0.39, 0.29) is 28.8 Å². The highest BCUT2D eigenvalue weighted by atomic mass is 16.4. The molecule has 1 aromatic heterocycles. The second-order valence-corrected chi connectivity index (χ2v) is 7.09. The second kappa shape index (κ2) is 7.44. The van der Waals surface area contributed by atoms with Crippen molar-refractivity contribution >= 4 is 23.8 Å². The van der Waals surface area contributed by atoms with Crippen molar-refractivity contribution in [2.24, 2.45) is 0 Å². The molecule has 3 atom stereocenters. The maximum atomic E-state index is 12.6. The van der Waals surface area contributed by atoms with Crippen LogP contribution in [0.1, 0.15) is 11.1 Å². The second-order valence-electron chi connectivity index (χ2n) is 7.09. The van der Waals surface area contributed by atoms with Crippen LogP contribution in [0, 0.1) is 13.8 Å². The van der Waals surface area contributed by atoms with E-state index in [0.29, 0.717) is 5.69 Å². The van der Waals surface area contributed by atoms with Crippen LogP contribution in [-0.2, 0) is 0 Å². The molecule has 0 saturated heterocycles. The third kappa shape index (κ3) is 3.33. The predicted molar refractivity (Wildman–Crippen MR) is 104 cm³/mol. The van der Waals surface area contributed by atoms with E-state index in [0.717, 1.165) is 16.8 Å². The number of aliphatic hydroxyl groups excluding tert-OH is 4. The van der Waals surface area contributed by atoms with E-state index in [2.05, 4.69) is 16.5 Å². The fraction of sp³-hybridized carbons (Fsp3) is 0.421. The Morgan fingerprint density at radius 2 is 1.86 bits per heavy atom. The third-order valence-electron chi connectivity index (χ3n) is 5.10. The van der Waals surface area contributed by atoms with E-state index in [1.54, 1.807) is 16.5 Å². The first kappa shape index (κ1) is 20.2. The Morgan fingerprint density at radius 1 is 1.21 bits per heavy atom. The molecule has 3 unspecified atom stereocenters. The molecule has 28 heavy (non-hydrogen) atoms. The van der Waals surface area contributed by atoms with Crippen molar-refractivity contribution in [3.63, 3.8) is 0 Å². The Kier molecular flexibility index (Phi) is 5.35. The van der Waals surface area contributed by atoms with E-state index in [4.69, 9.17) is 5.11 Å². The van der Waals surface area contributed by atoms with Crippen molar-refractivity contribution < 1.29 is 20.4 Å². The van der Waals surface area contributed by atoms with Crippen molar-refractivity contribution in [1.82, 2.24) is 14.5 Å². The molecule has 5 N–H and O–H groups in total. The number of rotatable bonds is 5. The standard InChI is InChI=1S/C19H24N4O5/c1-9-5-12-13(6-10(9)2)23(7-14(25)17(27)15(26)8-24)18-16(22(12)4)19(28)21-11(3)20-18/h5-6,14-15,17,24-27H,3,7-8H2,1-2,4H3/p+1. The molecule has 1 aromatic carbocycles. The molecular formula is C19H25N4O5+. The molecule has 0 spiro atoms. The molecular weight excluding hydrogens is 364 g/mol. The monoisotopic (exact) mass is 389 g/mol. The molecule has 0 saturated carbocycles. The largest absolute Gasteiger partial charge is 0.394 e. The average molecular weight is 389 g/mol. The molecule has 9 heteroatoms. The molecule has 0 fully saturated rings. The molecule has 2 aromatic rings. The fourth-order valence-electron chi connectivity index (χ4n) is 3.34. The number of H-pyrrole nitrogens is 1. The number of aliphatic hydroxyl groups is 4. The number of fused-ring (bicyclic) bond motifs is 2. The molecule has 150 valence electrons. The summed E-state index contributed by atoms with van der Waals surface area (Å²) in [5.74, 6) is 0.289. The first-order valence-electron chi connectivity index (χ1n) is 8.89. The van der Waals surface area contributed by atoms with E-state index < -0.39 is 24.9 Å². The van der Waals surface area contributed by atoms with Crippen LogP contribution in [0.3, 0.4) is 0 Å². The van der Waals surface area contributed by atoms with Crippen LogP contribution >= 0.6 is 0 Å². The maximum absolute atomic E-state index is 12.6. The summed E-state index contributed by atoms with van der Waals surface area (Å²) in [7, 11) is 1.75. The zero-order valence-corrected chi connectivity index (χ0v) is 16.0. The van der Waals surface area contributed by atoms with E-state index in [1.807, 2.05) is 26.0 Å². The van der Waals surface area contributed by atoms with Crippen molar-refractivity contribution in [2.75, 3.05) is 25.1 Å². The molecule has 9 nitrogen and oxygen atoms in total. The number of β-amino-alcohol motifs (C(OH)–C–C–N with tert-alkyl or cyclic N) is 1. The lowest BCUT2D eigenvalue weighted by molar-refractivity contribution is -0.0727. The van der Waals surface area contributed by atoms with Gasteiger partial charge in [-0.05, 0) is 31.0 Å². The van der Waals surface area contributed by atoms with Gasteiger partial charge in [-0.15, -0.1) is 0 Å². The number of aromatic amines is 1. The Morgan fingerprint density at radius 3 is 2.50 bits per heavy atom. The Bertz CT molecular complexity index is 1080. The van der Waals surface area contributed by atoms with Gasteiger partial charge in [0.1, 0.15) is 36.5 Å². The molecule has 2 heterocycles. The number of benzene rings is 1. The van der Waals surface area contributed by atoms with Crippen molar-refractivity contribution in [1.29, 1.82) is 0 Å². The Hall–Kier alpha value is -2.59. The van der Waals surface area contributed by atoms with Crippen molar-refractivity contribution in [3.05, 3.63) is 44.5 Å². The van der Waals surface area contributed by atoms with Gasteiger partial charge >= 0.3 is 10.9 Å². The minimum absolute atomic E-state index is 0.148. The minimum atomic E-state index is -1.57. The Labute approximate surface area is 161 Å². The quantitative estimate of drug-likeness (QED) is 0.366. The first-order chi connectivity index (χ1) is 13.1. The summed E-state index contributed by atoms with van der Waals surface area (Å²) in [6, 6.07) is 3.85. The van der Waals surface area contributed by atoms with E-state index in [1.165, 1.54) is 0 Å². The van der Waals surface area contributed by atoms with Crippen LogP contribution in [0.25, 0.3) is 6.58 Å². The summed E-state index contributed by atoms with van der Waals surface area (Å²) in [5.41, 5.74) is 3.26. The number of nitrogens with one attached hydrogen (secondary N) is 1.